The first-order chi connectivity index (χ1) is 16.0. The van der Waals surface area contributed by atoms with Gasteiger partial charge in [-0.15, -0.1) is 11.3 Å². The van der Waals surface area contributed by atoms with Gasteiger partial charge in [0.1, 0.15) is 17.4 Å². The molecule has 2 heterocycles. The van der Waals surface area contributed by atoms with Crippen LogP contribution in [0.25, 0.3) is 0 Å². The summed E-state index contributed by atoms with van der Waals surface area (Å²) in [6, 6.07) is 14.0. The van der Waals surface area contributed by atoms with E-state index in [1.807, 2.05) is 18.2 Å². The van der Waals surface area contributed by atoms with Crippen LogP contribution in [0.1, 0.15) is 33.9 Å². The van der Waals surface area contributed by atoms with Crippen LogP contribution in [-0.2, 0) is 27.4 Å². The molecular weight excluding hydrogens is 442 g/mol. The molecule has 1 aromatic heterocycles. The molecule has 2 amide bonds. The zero-order chi connectivity index (χ0) is 23.2. The van der Waals surface area contributed by atoms with Crippen molar-refractivity contribution in [2.24, 2.45) is 0 Å². The molecule has 0 saturated carbocycles. The molecule has 0 aliphatic carbocycles. The smallest absolute Gasteiger partial charge is 0.338 e. The number of benzene rings is 2. The van der Waals surface area contributed by atoms with E-state index in [4.69, 9.17) is 9.47 Å². The Hall–Kier alpha value is -3.72. The third-order valence-corrected chi connectivity index (χ3v) is 6.01. The van der Waals surface area contributed by atoms with E-state index in [1.54, 1.807) is 47.7 Å². The van der Waals surface area contributed by atoms with Gasteiger partial charge in [-0.3, -0.25) is 9.59 Å². The third-order valence-electron chi connectivity index (χ3n) is 5.11. The van der Waals surface area contributed by atoms with Crippen molar-refractivity contribution in [2.45, 2.75) is 25.9 Å². The number of hydrogen-bond acceptors (Lipinski definition) is 7. The van der Waals surface area contributed by atoms with Gasteiger partial charge >= 0.3 is 5.97 Å². The van der Waals surface area contributed by atoms with Gasteiger partial charge in [0.25, 0.3) is 0 Å². The number of methoxy groups -OCH3 is 1. The van der Waals surface area contributed by atoms with Crippen molar-refractivity contribution < 1.29 is 23.9 Å². The number of thiazole rings is 1. The van der Waals surface area contributed by atoms with E-state index < -0.39 is 5.97 Å². The lowest BCUT2D eigenvalue weighted by molar-refractivity contribution is -0.117. The quantitative estimate of drug-likeness (QED) is 0.508. The van der Waals surface area contributed by atoms with Crippen LogP contribution in [0.2, 0.25) is 0 Å². The molecule has 1 N–H and O–H groups in total. The van der Waals surface area contributed by atoms with Crippen molar-refractivity contribution in [2.75, 3.05) is 23.9 Å². The maximum Gasteiger partial charge on any atom is 0.338 e. The van der Waals surface area contributed by atoms with Crippen LogP contribution < -0.4 is 15.0 Å². The Bertz CT molecular complexity index is 1180. The minimum Gasteiger partial charge on any atom is -0.495 e. The minimum atomic E-state index is -0.494. The molecule has 9 heteroatoms. The summed E-state index contributed by atoms with van der Waals surface area (Å²) in [4.78, 5) is 42.9. The lowest BCUT2D eigenvalue weighted by Gasteiger charge is -2.16. The van der Waals surface area contributed by atoms with Gasteiger partial charge in [-0.1, -0.05) is 18.2 Å². The molecule has 0 atom stereocenters. The van der Waals surface area contributed by atoms with Crippen molar-refractivity contribution in [1.29, 1.82) is 0 Å². The fourth-order valence-electron chi connectivity index (χ4n) is 3.52. The number of carbonyl (C=O) groups excluding carboxylic acids is 3. The highest BCUT2D eigenvalue weighted by Crippen LogP contribution is 2.24. The number of esters is 1. The van der Waals surface area contributed by atoms with Crippen LogP contribution in [0.15, 0.2) is 53.9 Å². The molecule has 3 aromatic rings. The van der Waals surface area contributed by atoms with Crippen LogP contribution in [0.4, 0.5) is 11.4 Å². The van der Waals surface area contributed by atoms with E-state index in [9.17, 15) is 14.4 Å². The highest BCUT2D eigenvalue weighted by molar-refractivity contribution is 7.09. The van der Waals surface area contributed by atoms with Gasteiger partial charge in [-0.2, -0.15) is 0 Å². The van der Waals surface area contributed by atoms with E-state index in [0.29, 0.717) is 46.4 Å². The lowest BCUT2D eigenvalue weighted by atomic mass is 10.2. The molecule has 1 aliphatic heterocycles. The van der Waals surface area contributed by atoms with Gasteiger partial charge in [0, 0.05) is 24.0 Å². The zero-order valence-electron chi connectivity index (χ0n) is 18.1. The first-order valence-electron chi connectivity index (χ1n) is 10.5. The second kappa shape index (κ2) is 10.3. The standard InChI is InChI=1S/C24H23N3O5S/c1-31-20-9-3-2-8-19(20)26-21(28)13-22-25-17(15-33-22)14-32-24(30)16-6-4-7-18(12-16)27-11-5-10-23(27)29/h2-4,6-9,12,15H,5,10-11,13-14H2,1H3,(H,26,28). The average Bonchev–Trinajstić information content (AvgIpc) is 3.46. The summed E-state index contributed by atoms with van der Waals surface area (Å²) in [5.41, 5.74) is 2.23. The van der Waals surface area contributed by atoms with Crippen molar-refractivity contribution in [3.63, 3.8) is 0 Å². The summed E-state index contributed by atoms with van der Waals surface area (Å²) in [6.07, 6.45) is 1.44. The molecule has 170 valence electrons. The number of carbonyl (C=O) groups is 3. The predicted molar refractivity (Wildman–Crippen MR) is 125 cm³/mol. The van der Waals surface area contributed by atoms with Crippen molar-refractivity contribution in [3.05, 3.63) is 70.2 Å². The van der Waals surface area contributed by atoms with Crippen molar-refractivity contribution in [3.8, 4) is 5.75 Å². The fourth-order valence-corrected chi connectivity index (χ4v) is 4.30. The van der Waals surface area contributed by atoms with Gasteiger partial charge in [0.05, 0.1) is 30.5 Å². The van der Waals surface area contributed by atoms with E-state index in [-0.39, 0.29) is 24.8 Å². The number of ether oxygens (including phenoxy) is 2. The summed E-state index contributed by atoms with van der Waals surface area (Å²) in [5.74, 6) is -0.0707. The van der Waals surface area contributed by atoms with E-state index >= 15 is 0 Å². The van der Waals surface area contributed by atoms with E-state index in [1.165, 1.54) is 11.3 Å². The minimum absolute atomic E-state index is 0.00364. The topological polar surface area (TPSA) is 97.8 Å². The molecule has 33 heavy (non-hydrogen) atoms. The number of para-hydroxylation sites is 2. The Balaban J connectivity index is 1.31. The van der Waals surface area contributed by atoms with Gasteiger partial charge in [-0.25, -0.2) is 9.78 Å². The van der Waals surface area contributed by atoms with Crippen LogP contribution in [-0.4, -0.2) is 36.4 Å². The maximum absolute atomic E-state index is 12.5. The maximum atomic E-state index is 12.5. The molecule has 2 aromatic carbocycles. The number of rotatable bonds is 8. The third kappa shape index (κ3) is 5.56. The Kier molecular flexibility index (Phi) is 6.99. The highest BCUT2D eigenvalue weighted by Gasteiger charge is 2.22. The van der Waals surface area contributed by atoms with Gasteiger partial charge in [0.15, 0.2) is 0 Å². The first-order valence-corrected chi connectivity index (χ1v) is 11.3. The molecule has 4 rings (SSSR count). The Labute approximate surface area is 195 Å². The second-order valence-electron chi connectivity index (χ2n) is 7.43. The molecule has 0 spiro atoms. The van der Waals surface area contributed by atoms with Gasteiger partial charge in [0.2, 0.25) is 11.8 Å². The monoisotopic (exact) mass is 465 g/mol. The molecule has 1 aliphatic rings. The largest absolute Gasteiger partial charge is 0.495 e. The summed E-state index contributed by atoms with van der Waals surface area (Å²) in [7, 11) is 1.54. The highest BCUT2D eigenvalue weighted by atomic mass is 32.1. The van der Waals surface area contributed by atoms with Crippen molar-refractivity contribution >= 4 is 40.5 Å². The molecular formula is C24H23N3O5S. The summed E-state index contributed by atoms with van der Waals surface area (Å²) < 4.78 is 10.6. The van der Waals surface area contributed by atoms with Crippen LogP contribution >= 0.6 is 11.3 Å². The molecule has 0 unspecified atom stereocenters. The van der Waals surface area contributed by atoms with Gasteiger partial charge < -0.3 is 19.7 Å². The van der Waals surface area contributed by atoms with E-state index in [0.717, 1.165) is 6.42 Å². The normalized spacial score (nSPS) is 13.1. The average molecular weight is 466 g/mol. The predicted octanol–water partition coefficient (Wildman–Crippen LogP) is 3.82. The number of hydrogen-bond donors (Lipinski definition) is 1. The van der Waals surface area contributed by atoms with Crippen LogP contribution in [0.5, 0.6) is 5.75 Å². The fraction of sp³-hybridized carbons (Fsp3) is 0.250. The number of anilines is 2. The van der Waals surface area contributed by atoms with Gasteiger partial charge in [-0.05, 0) is 36.8 Å². The van der Waals surface area contributed by atoms with Crippen molar-refractivity contribution in [1.82, 2.24) is 4.98 Å². The van der Waals surface area contributed by atoms with Crippen LogP contribution in [0, 0.1) is 0 Å². The number of nitrogens with one attached hydrogen (secondary N) is 1. The molecule has 0 radical (unpaired) electrons. The molecule has 8 nitrogen and oxygen atoms in total. The first kappa shape index (κ1) is 22.5. The lowest BCUT2D eigenvalue weighted by Crippen LogP contribution is -2.23. The summed E-state index contributed by atoms with van der Waals surface area (Å²) >= 11 is 1.33. The van der Waals surface area contributed by atoms with E-state index in [2.05, 4.69) is 10.3 Å². The molecule has 1 saturated heterocycles. The number of nitrogens with zero attached hydrogens (tertiary/aromatic N) is 2. The van der Waals surface area contributed by atoms with Crippen LogP contribution in [0.3, 0.4) is 0 Å². The Morgan fingerprint density at radius 1 is 1.18 bits per heavy atom. The SMILES string of the molecule is COc1ccccc1NC(=O)Cc1nc(COC(=O)c2cccc(N3CCCC3=O)c2)cs1. The Morgan fingerprint density at radius 3 is 2.82 bits per heavy atom. The molecule has 0 bridgehead atoms. The zero-order valence-corrected chi connectivity index (χ0v) is 18.9. The number of aromatic nitrogens is 1. The summed E-state index contributed by atoms with van der Waals surface area (Å²) in [6.45, 7) is 0.653. The summed E-state index contributed by atoms with van der Waals surface area (Å²) in [5, 5.41) is 5.19. The second-order valence-corrected chi connectivity index (χ2v) is 8.38. The molecule has 1 fully saturated rings. The Morgan fingerprint density at radius 2 is 2.03 bits per heavy atom. The number of amides is 2.